The molecule has 0 aliphatic carbocycles. The Morgan fingerprint density at radius 2 is 2.10 bits per heavy atom. The second-order valence-electron chi connectivity index (χ2n) is 2.32. The Morgan fingerprint density at radius 3 is 2.40 bits per heavy atom. The van der Waals surface area contributed by atoms with E-state index in [1.165, 1.54) is 5.71 Å². The molecule has 0 aromatic heterocycles. The summed E-state index contributed by atoms with van der Waals surface area (Å²) >= 11 is 0. The number of rotatable bonds is 2. The van der Waals surface area contributed by atoms with Gasteiger partial charge in [-0.15, -0.1) is 0 Å². The van der Waals surface area contributed by atoms with Gasteiger partial charge in [0.2, 0.25) is 6.54 Å². The molecule has 10 heavy (non-hydrogen) atoms. The van der Waals surface area contributed by atoms with Crippen LogP contribution in [0.4, 0.5) is 0 Å². The zero-order valence-corrected chi connectivity index (χ0v) is 6.42. The second-order valence-corrected chi connectivity index (χ2v) is 2.32. The maximum atomic E-state index is 10.4. The first-order valence-electron chi connectivity index (χ1n) is 3.64. The van der Waals surface area contributed by atoms with Gasteiger partial charge in [-0.25, -0.2) is 0 Å². The Balaban J connectivity index is 2.68. The Labute approximate surface area is 60.7 Å². The highest BCUT2D eigenvalue weighted by Crippen LogP contribution is 1.99. The van der Waals surface area contributed by atoms with Crippen LogP contribution < -0.4 is 5.11 Å². The Morgan fingerprint density at radius 1 is 1.60 bits per heavy atom. The van der Waals surface area contributed by atoms with Gasteiger partial charge in [0.15, 0.2) is 5.71 Å². The van der Waals surface area contributed by atoms with Crippen LogP contribution in [0.2, 0.25) is 0 Å². The molecule has 0 aromatic carbocycles. The average molecular weight is 140 g/mol. The van der Waals surface area contributed by atoms with Crippen LogP contribution >= 0.6 is 0 Å². The monoisotopic (exact) mass is 140 g/mol. The van der Waals surface area contributed by atoms with Gasteiger partial charge in [-0.2, -0.15) is 0 Å². The van der Waals surface area contributed by atoms with Gasteiger partial charge >= 0.3 is 0 Å². The summed E-state index contributed by atoms with van der Waals surface area (Å²) in [6.07, 6.45) is 1.99. The van der Waals surface area contributed by atoms with Crippen LogP contribution in [0.3, 0.4) is 0 Å². The van der Waals surface area contributed by atoms with Crippen molar-refractivity contribution in [2.24, 2.45) is 5.10 Å². The molecule has 0 bridgehead atoms. The van der Waals surface area contributed by atoms with Crippen molar-refractivity contribution in [3.63, 3.8) is 0 Å². The topological polar surface area (TPSA) is 38.4 Å². The van der Waals surface area contributed by atoms with Crippen molar-refractivity contribution in [2.75, 3.05) is 6.54 Å². The Bertz CT molecular complexity index is 188. The van der Waals surface area contributed by atoms with Gasteiger partial charge in [0, 0.05) is 12.8 Å². The molecule has 0 atom stereocenters. The summed E-state index contributed by atoms with van der Waals surface area (Å²) in [5, 5.41) is 14.1. The van der Waals surface area contributed by atoms with Crippen molar-refractivity contribution in [3.8, 4) is 0 Å². The molecule has 0 radical (unpaired) electrons. The minimum atomic E-state index is -0.000556. The summed E-state index contributed by atoms with van der Waals surface area (Å²) < 4.78 is 1.79. The smallest absolute Gasteiger partial charge is 0.208 e. The van der Waals surface area contributed by atoms with Gasteiger partial charge in [-0.05, 0) is 5.10 Å². The predicted octanol–water partition coefficient (Wildman–Crippen LogP) is -0.0527. The summed E-state index contributed by atoms with van der Waals surface area (Å²) in [5.41, 5.74) is 1.25. The lowest BCUT2D eigenvalue weighted by Crippen LogP contribution is -2.40. The third-order valence-corrected chi connectivity index (χ3v) is 1.70. The van der Waals surface area contributed by atoms with Crippen molar-refractivity contribution in [3.05, 3.63) is 0 Å². The van der Waals surface area contributed by atoms with Crippen LogP contribution in [-0.2, 0) is 0 Å². The van der Waals surface area contributed by atoms with E-state index in [-0.39, 0.29) is 5.90 Å². The molecule has 3 nitrogen and oxygen atoms in total. The van der Waals surface area contributed by atoms with Gasteiger partial charge in [-0.1, -0.05) is 18.5 Å². The maximum Gasteiger partial charge on any atom is 0.208 e. The summed E-state index contributed by atoms with van der Waals surface area (Å²) in [7, 11) is 0. The minimum absolute atomic E-state index is 0.000556. The molecule has 3 heteroatoms. The van der Waals surface area contributed by atoms with Crippen LogP contribution in [0, 0.1) is 0 Å². The van der Waals surface area contributed by atoms with Gasteiger partial charge < -0.3 is 5.11 Å². The van der Waals surface area contributed by atoms with Crippen LogP contribution in [0.15, 0.2) is 5.10 Å². The van der Waals surface area contributed by atoms with E-state index in [4.69, 9.17) is 0 Å². The van der Waals surface area contributed by atoms with E-state index in [2.05, 4.69) is 18.9 Å². The third kappa shape index (κ3) is 1.17. The average Bonchev–Trinajstić information content (AvgIpc) is 1.87. The molecule has 0 unspecified atom stereocenters. The molecule has 0 saturated carbocycles. The van der Waals surface area contributed by atoms with Crippen LogP contribution in [0.1, 0.15) is 26.7 Å². The van der Waals surface area contributed by atoms with E-state index >= 15 is 0 Å². The van der Waals surface area contributed by atoms with Crippen LogP contribution in [-0.4, -0.2) is 22.8 Å². The summed E-state index contributed by atoms with van der Waals surface area (Å²) in [6, 6.07) is 0. The van der Waals surface area contributed by atoms with Crippen molar-refractivity contribution in [2.45, 2.75) is 26.7 Å². The zero-order chi connectivity index (χ0) is 7.56. The highest BCUT2D eigenvalue weighted by molar-refractivity contribution is 5.83. The van der Waals surface area contributed by atoms with Crippen molar-refractivity contribution in [1.29, 1.82) is 0 Å². The molecule has 1 rings (SSSR count). The van der Waals surface area contributed by atoms with E-state index < -0.39 is 0 Å². The van der Waals surface area contributed by atoms with E-state index in [0.29, 0.717) is 6.54 Å². The highest BCUT2D eigenvalue weighted by Gasteiger charge is 2.18. The van der Waals surface area contributed by atoms with Gasteiger partial charge in [0.1, 0.15) is 5.90 Å². The van der Waals surface area contributed by atoms with Crippen molar-refractivity contribution >= 4 is 11.6 Å². The van der Waals surface area contributed by atoms with Gasteiger partial charge in [-0.3, -0.25) is 0 Å². The molecular formula is C7H12N2O. The number of hydrazone groups is 1. The molecule has 1 aliphatic heterocycles. The summed E-state index contributed by atoms with van der Waals surface area (Å²) in [5.74, 6) is -0.000556. The highest BCUT2D eigenvalue weighted by atomic mass is 16.3. The summed E-state index contributed by atoms with van der Waals surface area (Å²) in [6.45, 7) is 4.66. The standard InChI is InChI=1S/C7H12N2O/c1-3-6(4-2)9-5-7(10)8-9/h3-5H2,1-2H3. The first-order valence-corrected chi connectivity index (χ1v) is 3.64. The lowest BCUT2D eigenvalue weighted by atomic mass is 10.2. The third-order valence-electron chi connectivity index (χ3n) is 1.70. The van der Waals surface area contributed by atoms with E-state index in [9.17, 15) is 5.11 Å². The number of hydrogen-bond donors (Lipinski definition) is 0. The largest absolute Gasteiger partial charge is 0.853 e. The molecule has 1 aliphatic rings. The van der Waals surface area contributed by atoms with Crippen molar-refractivity contribution in [1.82, 2.24) is 0 Å². The molecule has 0 spiro atoms. The second kappa shape index (κ2) is 2.82. The predicted molar refractivity (Wildman–Crippen MR) is 38.2 cm³/mol. The molecule has 1 heterocycles. The Kier molecular flexibility index (Phi) is 2.04. The van der Waals surface area contributed by atoms with Gasteiger partial charge in [0.05, 0.1) is 0 Å². The zero-order valence-electron chi connectivity index (χ0n) is 6.42. The molecule has 0 amide bonds. The quantitative estimate of drug-likeness (QED) is 0.495. The first-order chi connectivity index (χ1) is 4.77. The van der Waals surface area contributed by atoms with Gasteiger partial charge in [0.25, 0.3) is 0 Å². The molecule has 0 saturated heterocycles. The molecular weight excluding hydrogens is 128 g/mol. The number of nitrogens with zero attached hydrogens (tertiary/aromatic N) is 2. The van der Waals surface area contributed by atoms with E-state index in [0.717, 1.165) is 12.8 Å². The molecule has 0 fully saturated rings. The minimum Gasteiger partial charge on any atom is -0.853 e. The molecule has 0 aromatic rings. The lowest BCUT2D eigenvalue weighted by Gasteiger charge is -2.14. The number of hydrogen-bond acceptors (Lipinski definition) is 2. The van der Waals surface area contributed by atoms with E-state index in [1.807, 2.05) is 0 Å². The Hall–Kier alpha value is -0.860. The maximum absolute atomic E-state index is 10.4. The summed E-state index contributed by atoms with van der Waals surface area (Å²) in [4.78, 5) is 0. The fraction of sp³-hybridized carbons (Fsp3) is 0.714. The first kappa shape index (κ1) is 7.25. The van der Waals surface area contributed by atoms with E-state index in [1.54, 1.807) is 4.68 Å². The van der Waals surface area contributed by atoms with Crippen LogP contribution in [0.25, 0.3) is 0 Å². The molecule has 56 valence electrons. The normalized spacial score (nSPS) is 16.2. The van der Waals surface area contributed by atoms with Crippen LogP contribution in [0.5, 0.6) is 0 Å². The van der Waals surface area contributed by atoms with Crippen molar-refractivity contribution < 1.29 is 9.79 Å². The SMILES string of the molecule is CCC(CC)=[N+]1CC([O-])=N1. The molecule has 0 N–H and O–H groups in total. The lowest BCUT2D eigenvalue weighted by molar-refractivity contribution is -0.565. The fourth-order valence-corrected chi connectivity index (χ4v) is 1.05. The fourth-order valence-electron chi connectivity index (χ4n) is 1.05.